The molecule has 2 aromatic rings. The van der Waals surface area contributed by atoms with E-state index < -0.39 is 11.6 Å². The lowest BCUT2D eigenvalue weighted by Gasteiger charge is -2.40. The van der Waals surface area contributed by atoms with Crippen LogP contribution in [0.15, 0.2) is 72.5 Å². The molecule has 2 aromatic carbocycles. The van der Waals surface area contributed by atoms with Gasteiger partial charge in [0.1, 0.15) is 5.76 Å². The summed E-state index contributed by atoms with van der Waals surface area (Å²) < 4.78 is 5.77. The number of cyclic esters (lactones) is 1. The zero-order valence-electron chi connectivity index (χ0n) is 12.4. The van der Waals surface area contributed by atoms with E-state index >= 15 is 0 Å². The van der Waals surface area contributed by atoms with Crippen LogP contribution in [0.3, 0.4) is 0 Å². The van der Waals surface area contributed by atoms with E-state index in [1.807, 2.05) is 67.6 Å². The highest BCUT2D eigenvalue weighted by Crippen LogP contribution is 2.46. The van der Waals surface area contributed by atoms with E-state index in [-0.39, 0.29) is 18.1 Å². The van der Waals surface area contributed by atoms with Crippen LogP contribution in [-0.4, -0.2) is 11.1 Å². The van der Waals surface area contributed by atoms with Gasteiger partial charge in [-0.1, -0.05) is 67.6 Å². The Morgan fingerprint density at radius 1 is 1.05 bits per heavy atom. The van der Waals surface area contributed by atoms with Gasteiger partial charge < -0.3 is 9.84 Å². The molecular weight excluding hydrogens is 276 g/mol. The van der Waals surface area contributed by atoms with Crippen molar-refractivity contribution in [3.63, 3.8) is 0 Å². The number of aliphatic hydroxyl groups excluding tert-OH is 1. The molecule has 3 rings (SSSR count). The fourth-order valence-corrected chi connectivity index (χ4v) is 3.08. The van der Waals surface area contributed by atoms with E-state index in [1.165, 1.54) is 0 Å². The Labute approximate surface area is 129 Å². The molecule has 22 heavy (non-hydrogen) atoms. The number of ether oxygens (including phenoxy) is 1. The number of hydrogen-bond acceptors (Lipinski definition) is 3. The van der Waals surface area contributed by atoms with Gasteiger partial charge in [-0.25, -0.2) is 4.79 Å². The molecule has 0 spiro atoms. The van der Waals surface area contributed by atoms with Crippen molar-refractivity contribution in [1.82, 2.24) is 0 Å². The van der Waals surface area contributed by atoms with Gasteiger partial charge in [-0.3, -0.25) is 0 Å². The van der Waals surface area contributed by atoms with Crippen LogP contribution in [0.2, 0.25) is 0 Å². The van der Waals surface area contributed by atoms with Crippen molar-refractivity contribution in [2.24, 2.45) is 0 Å². The molecule has 3 nitrogen and oxygen atoms in total. The summed E-state index contributed by atoms with van der Waals surface area (Å²) in [5, 5.41) is 10.0. The first-order valence-corrected chi connectivity index (χ1v) is 7.35. The molecule has 1 N–H and O–H groups in total. The molecule has 1 aliphatic heterocycles. The quantitative estimate of drug-likeness (QED) is 0.868. The predicted octanol–water partition coefficient (Wildman–Crippen LogP) is 4.07. The second kappa shape index (κ2) is 5.68. The zero-order valence-corrected chi connectivity index (χ0v) is 12.4. The van der Waals surface area contributed by atoms with E-state index in [4.69, 9.17) is 4.74 Å². The van der Waals surface area contributed by atoms with Gasteiger partial charge >= 0.3 is 5.97 Å². The monoisotopic (exact) mass is 294 g/mol. The summed E-state index contributed by atoms with van der Waals surface area (Å²) in [6.45, 7) is 2.02. The summed E-state index contributed by atoms with van der Waals surface area (Å²) in [5.74, 6) is -0.533. The number of carbonyl (C=O) groups is 1. The first kappa shape index (κ1) is 14.4. The molecule has 1 unspecified atom stereocenters. The summed E-state index contributed by atoms with van der Waals surface area (Å²) in [4.78, 5) is 11.9. The Morgan fingerprint density at radius 3 is 2.23 bits per heavy atom. The molecule has 0 saturated carbocycles. The topological polar surface area (TPSA) is 46.5 Å². The molecule has 2 atom stereocenters. The molecule has 0 aliphatic carbocycles. The number of esters is 1. The predicted molar refractivity (Wildman–Crippen MR) is 84.4 cm³/mol. The Balaban J connectivity index is 2.12. The largest absolute Gasteiger partial charge is 0.512 e. The molecule has 0 fully saturated rings. The Hall–Kier alpha value is -2.55. The molecular formula is C19H18O3. The van der Waals surface area contributed by atoms with Gasteiger partial charge in [0.15, 0.2) is 5.60 Å². The van der Waals surface area contributed by atoms with Crippen molar-refractivity contribution in [2.75, 3.05) is 0 Å². The number of hydrogen-bond donors (Lipinski definition) is 1. The molecule has 0 bridgehead atoms. The van der Waals surface area contributed by atoms with Crippen LogP contribution in [0.4, 0.5) is 0 Å². The van der Waals surface area contributed by atoms with Crippen LogP contribution in [0.25, 0.3) is 0 Å². The maximum atomic E-state index is 11.9. The summed E-state index contributed by atoms with van der Waals surface area (Å²) in [7, 11) is 0. The van der Waals surface area contributed by atoms with Gasteiger partial charge in [0.25, 0.3) is 0 Å². The third-order valence-corrected chi connectivity index (χ3v) is 4.27. The highest BCUT2D eigenvalue weighted by molar-refractivity contribution is 5.84. The third-order valence-electron chi connectivity index (χ3n) is 4.27. The Kier molecular flexibility index (Phi) is 3.72. The van der Waals surface area contributed by atoms with Crippen LogP contribution in [-0.2, 0) is 15.1 Å². The van der Waals surface area contributed by atoms with Gasteiger partial charge in [-0.2, -0.15) is 0 Å². The van der Waals surface area contributed by atoms with Gasteiger partial charge in [-0.05, 0) is 11.1 Å². The number of benzene rings is 2. The van der Waals surface area contributed by atoms with Crippen LogP contribution in [0.5, 0.6) is 0 Å². The fraction of sp³-hybridized carbons (Fsp3) is 0.211. The van der Waals surface area contributed by atoms with Crippen molar-refractivity contribution >= 4 is 5.97 Å². The first-order valence-electron chi connectivity index (χ1n) is 7.35. The van der Waals surface area contributed by atoms with Crippen LogP contribution >= 0.6 is 0 Å². The smallest absolute Gasteiger partial charge is 0.335 e. The van der Waals surface area contributed by atoms with Gasteiger partial charge in [0.05, 0.1) is 12.5 Å². The van der Waals surface area contributed by atoms with E-state index in [9.17, 15) is 9.90 Å². The van der Waals surface area contributed by atoms with Crippen molar-refractivity contribution in [3.05, 3.63) is 83.6 Å². The molecule has 0 aromatic heterocycles. The van der Waals surface area contributed by atoms with Gasteiger partial charge in [0.2, 0.25) is 0 Å². The van der Waals surface area contributed by atoms with Crippen LogP contribution in [0.1, 0.15) is 30.4 Å². The fourth-order valence-electron chi connectivity index (χ4n) is 3.08. The number of aliphatic hydroxyl groups is 1. The van der Waals surface area contributed by atoms with Crippen LogP contribution in [0, 0.1) is 0 Å². The lowest BCUT2D eigenvalue weighted by molar-refractivity contribution is -0.161. The van der Waals surface area contributed by atoms with Crippen molar-refractivity contribution < 1.29 is 14.6 Å². The maximum absolute atomic E-state index is 11.9. The third kappa shape index (κ3) is 2.50. The summed E-state index contributed by atoms with van der Waals surface area (Å²) >= 11 is 0. The second-order valence-corrected chi connectivity index (χ2v) is 5.62. The van der Waals surface area contributed by atoms with E-state index in [0.717, 1.165) is 17.2 Å². The second-order valence-electron chi connectivity index (χ2n) is 5.62. The Bertz CT molecular complexity index is 691. The average Bonchev–Trinajstić information content (AvgIpc) is 2.55. The molecule has 1 heterocycles. The number of carbonyl (C=O) groups excluding carboxylic acids is 1. The SMILES string of the molecule is CC(c1ccccc1)[C@]1(c2ccccc2)CC(O)=CC(=O)O1. The van der Waals surface area contributed by atoms with E-state index in [0.29, 0.717) is 0 Å². The molecule has 1 aliphatic rings. The van der Waals surface area contributed by atoms with Crippen molar-refractivity contribution in [3.8, 4) is 0 Å². The zero-order chi connectivity index (χ0) is 15.6. The normalized spacial score (nSPS) is 22.6. The van der Waals surface area contributed by atoms with Gasteiger partial charge in [-0.15, -0.1) is 0 Å². The summed E-state index contributed by atoms with van der Waals surface area (Å²) in [5.41, 5.74) is 1.06. The lowest BCUT2D eigenvalue weighted by Crippen LogP contribution is -2.40. The van der Waals surface area contributed by atoms with Gasteiger partial charge in [0, 0.05) is 5.92 Å². The first-order chi connectivity index (χ1) is 10.6. The molecule has 3 heteroatoms. The van der Waals surface area contributed by atoms with Crippen molar-refractivity contribution in [1.29, 1.82) is 0 Å². The minimum Gasteiger partial charge on any atom is -0.512 e. The highest BCUT2D eigenvalue weighted by Gasteiger charge is 2.45. The van der Waals surface area contributed by atoms with E-state index in [1.54, 1.807) is 0 Å². The summed E-state index contributed by atoms with van der Waals surface area (Å²) in [6.07, 6.45) is 1.43. The average molecular weight is 294 g/mol. The minimum atomic E-state index is -0.890. The van der Waals surface area contributed by atoms with Crippen LogP contribution < -0.4 is 0 Å². The highest BCUT2D eigenvalue weighted by atomic mass is 16.6. The van der Waals surface area contributed by atoms with Crippen molar-refractivity contribution in [2.45, 2.75) is 24.9 Å². The molecule has 0 radical (unpaired) electrons. The molecule has 0 saturated heterocycles. The Morgan fingerprint density at radius 2 is 1.64 bits per heavy atom. The molecule has 0 amide bonds. The maximum Gasteiger partial charge on any atom is 0.335 e. The lowest BCUT2D eigenvalue weighted by atomic mass is 9.75. The number of rotatable bonds is 3. The van der Waals surface area contributed by atoms with E-state index in [2.05, 4.69) is 0 Å². The standard InChI is InChI=1S/C19H18O3/c1-14(15-8-4-2-5-9-15)19(16-10-6-3-7-11-16)13-17(20)12-18(21)22-19/h2-12,14,20H,13H2,1H3/t14?,19-/m0/s1. The minimum absolute atomic E-state index is 0.0582. The molecule has 112 valence electrons. The summed E-state index contributed by atoms with van der Waals surface area (Å²) in [6, 6.07) is 19.5.